The number of hydrogen-bond donors (Lipinski definition) is 1. The standard InChI is InChI=1S/C10H19N3O2S/c1-5-10(2,15-4)8-12-9(16-13-8)11-6-7-14-3/h5-7H2,1-4H3,(H,11,12,13). The number of rotatable bonds is 7. The van der Waals surface area contributed by atoms with Crippen LogP contribution in [0.15, 0.2) is 0 Å². The number of hydrogen-bond acceptors (Lipinski definition) is 6. The van der Waals surface area contributed by atoms with E-state index >= 15 is 0 Å². The number of aromatic nitrogens is 2. The highest BCUT2D eigenvalue weighted by Crippen LogP contribution is 2.27. The van der Waals surface area contributed by atoms with E-state index in [0.29, 0.717) is 6.61 Å². The quantitative estimate of drug-likeness (QED) is 0.743. The SMILES string of the molecule is CCC(C)(OC)c1nsc(NCCOC)n1. The second kappa shape index (κ2) is 6.12. The van der Waals surface area contributed by atoms with Gasteiger partial charge in [-0.2, -0.15) is 4.37 Å². The molecule has 1 aromatic heterocycles. The zero-order valence-corrected chi connectivity index (χ0v) is 11.1. The van der Waals surface area contributed by atoms with Crippen LogP contribution < -0.4 is 5.32 Å². The molecule has 0 fully saturated rings. The summed E-state index contributed by atoms with van der Waals surface area (Å²) in [5.74, 6) is 0.738. The van der Waals surface area contributed by atoms with E-state index in [0.717, 1.165) is 23.9 Å². The molecule has 1 rings (SSSR count). The van der Waals surface area contributed by atoms with Gasteiger partial charge in [-0.25, -0.2) is 4.98 Å². The molecule has 0 amide bonds. The molecular weight excluding hydrogens is 226 g/mol. The molecule has 0 aliphatic rings. The molecule has 0 saturated heterocycles. The molecule has 0 aliphatic carbocycles. The molecule has 0 saturated carbocycles. The minimum Gasteiger partial charge on any atom is -0.383 e. The van der Waals surface area contributed by atoms with Crippen LogP contribution >= 0.6 is 11.5 Å². The van der Waals surface area contributed by atoms with Gasteiger partial charge < -0.3 is 14.8 Å². The van der Waals surface area contributed by atoms with Crippen LogP contribution in [0.25, 0.3) is 0 Å². The summed E-state index contributed by atoms with van der Waals surface area (Å²) in [5, 5.41) is 3.96. The summed E-state index contributed by atoms with van der Waals surface area (Å²) >= 11 is 1.35. The van der Waals surface area contributed by atoms with Crippen molar-refractivity contribution in [2.24, 2.45) is 0 Å². The fourth-order valence-electron chi connectivity index (χ4n) is 1.16. The van der Waals surface area contributed by atoms with Crippen molar-refractivity contribution in [2.45, 2.75) is 25.9 Å². The molecule has 1 N–H and O–H groups in total. The first-order valence-corrected chi connectivity index (χ1v) is 6.05. The normalized spacial score (nSPS) is 14.8. The van der Waals surface area contributed by atoms with E-state index in [9.17, 15) is 0 Å². The van der Waals surface area contributed by atoms with Crippen LogP contribution in [-0.4, -0.2) is 36.7 Å². The zero-order chi connectivity index (χ0) is 12.0. The Labute approximate surface area is 100 Å². The van der Waals surface area contributed by atoms with E-state index in [1.807, 2.05) is 6.92 Å². The minimum absolute atomic E-state index is 0.391. The van der Waals surface area contributed by atoms with Crippen molar-refractivity contribution in [3.8, 4) is 0 Å². The Kier molecular flexibility index (Phi) is 5.11. The minimum atomic E-state index is -0.391. The van der Waals surface area contributed by atoms with Gasteiger partial charge in [0.2, 0.25) is 5.13 Å². The van der Waals surface area contributed by atoms with E-state index in [-0.39, 0.29) is 0 Å². The van der Waals surface area contributed by atoms with Crippen molar-refractivity contribution < 1.29 is 9.47 Å². The third kappa shape index (κ3) is 3.13. The van der Waals surface area contributed by atoms with Gasteiger partial charge in [0.25, 0.3) is 0 Å². The molecule has 1 heterocycles. The Balaban J connectivity index is 2.63. The van der Waals surface area contributed by atoms with Gasteiger partial charge in [0, 0.05) is 32.3 Å². The molecule has 1 unspecified atom stereocenters. The fraction of sp³-hybridized carbons (Fsp3) is 0.800. The van der Waals surface area contributed by atoms with Crippen LogP contribution in [0, 0.1) is 0 Å². The first-order chi connectivity index (χ1) is 7.66. The lowest BCUT2D eigenvalue weighted by atomic mass is 10.0. The maximum atomic E-state index is 5.44. The lowest BCUT2D eigenvalue weighted by Gasteiger charge is -2.22. The van der Waals surface area contributed by atoms with E-state index in [4.69, 9.17) is 9.47 Å². The van der Waals surface area contributed by atoms with E-state index in [1.54, 1.807) is 14.2 Å². The van der Waals surface area contributed by atoms with Crippen LogP contribution in [-0.2, 0) is 15.1 Å². The van der Waals surface area contributed by atoms with Crippen molar-refractivity contribution in [2.75, 3.05) is 32.7 Å². The van der Waals surface area contributed by atoms with Gasteiger partial charge in [0.1, 0.15) is 5.60 Å². The summed E-state index contributed by atoms with van der Waals surface area (Å²) in [6.07, 6.45) is 0.845. The average Bonchev–Trinajstić information content (AvgIpc) is 2.78. The van der Waals surface area contributed by atoms with E-state index in [2.05, 4.69) is 21.6 Å². The van der Waals surface area contributed by atoms with Gasteiger partial charge in [-0.15, -0.1) is 0 Å². The highest BCUT2D eigenvalue weighted by atomic mass is 32.1. The summed E-state index contributed by atoms with van der Waals surface area (Å²) in [6.45, 7) is 5.45. The Morgan fingerprint density at radius 2 is 2.19 bits per heavy atom. The second-order valence-corrected chi connectivity index (χ2v) is 4.38. The van der Waals surface area contributed by atoms with E-state index < -0.39 is 5.60 Å². The van der Waals surface area contributed by atoms with Gasteiger partial charge in [-0.05, 0) is 13.3 Å². The predicted octanol–water partition coefficient (Wildman–Crippen LogP) is 1.87. The molecule has 0 spiro atoms. The van der Waals surface area contributed by atoms with Gasteiger partial charge in [0.15, 0.2) is 5.82 Å². The lowest BCUT2D eigenvalue weighted by Crippen LogP contribution is -2.24. The molecule has 1 aromatic rings. The van der Waals surface area contributed by atoms with Gasteiger partial charge in [-0.3, -0.25) is 0 Å². The van der Waals surface area contributed by atoms with Crippen molar-refractivity contribution in [1.82, 2.24) is 9.36 Å². The summed E-state index contributed by atoms with van der Waals surface area (Å²) in [5.41, 5.74) is -0.391. The number of anilines is 1. The largest absolute Gasteiger partial charge is 0.383 e. The predicted molar refractivity (Wildman–Crippen MR) is 64.9 cm³/mol. The Morgan fingerprint density at radius 1 is 1.44 bits per heavy atom. The first kappa shape index (κ1) is 13.3. The highest BCUT2D eigenvalue weighted by Gasteiger charge is 2.28. The van der Waals surface area contributed by atoms with Crippen LogP contribution in [0.4, 0.5) is 5.13 Å². The Morgan fingerprint density at radius 3 is 2.75 bits per heavy atom. The number of ether oxygens (including phenoxy) is 2. The van der Waals surface area contributed by atoms with Crippen LogP contribution in [0.2, 0.25) is 0 Å². The Hall–Kier alpha value is -0.720. The topological polar surface area (TPSA) is 56.3 Å². The highest BCUT2D eigenvalue weighted by molar-refractivity contribution is 7.09. The third-order valence-electron chi connectivity index (χ3n) is 2.61. The molecule has 0 bridgehead atoms. The molecule has 5 nitrogen and oxygen atoms in total. The summed E-state index contributed by atoms with van der Waals surface area (Å²) < 4.78 is 14.7. The third-order valence-corrected chi connectivity index (χ3v) is 3.28. The fourth-order valence-corrected chi connectivity index (χ4v) is 1.86. The maximum absolute atomic E-state index is 5.44. The zero-order valence-electron chi connectivity index (χ0n) is 10.2. The van der Waals surface area contributed by atoms with Crippen molar-refractivity contribution in [3.05, 3.63) is 5.82 Å². The van der Waals surface area contributed by atoms with Crippen molar-refractivity contribution in [1.29, 1.82) is 0 Å². The summed E-state index contributed by atoms with van der Waals surface area (Å²) in [7, 11) is 3.36. The molecular formula is C10H19N3O2S. The average molecular weight is 245 g/mol. The second-order valence-electron chi connectivity index (χ2n) is 3.63. The maximum Gasteiger partial charge on any atom is 0.202 e. The van der Waals surface area contributed by atoms with Gasteiger partial charge in [-0.1, -0.05) is 6.92 Å². The Bertz CT molecular complexity index is 313. The van der Waals surface area contributed by atoms with Crippen LogP contribution in [0.1, 0.15) is 26.1 Å². The van der Waals surface area contributed by atoms with Crippen LogP contribution in [0.3, 0.4) is 0 Å². The monoisotopic (exact) mass is 245 g/mol. The number of nitrogens with zero attached hydrogens (tertiary/aromatic N) is 2. The van der Waals surface area contributed by atoms with Gasteiger partial charge in [0.05, 0.1) is 6.61 Å². The number of nitrogens with one attached hydrogen (secondary N) is 1. The lowest BCUT2D eigenvalue weighted by molar-refractivity contribution is -0.00791. The number of methoxy groups -OCH3 is 2. The molecule has 6 heteroatoms. The van der Waals surface area contributed by atoms with Crippen LogP contribution in [0.5, 0.6) is 0 Å². The van der Waals surface area contributed by atoms with Crippen molar-refractivity contribution in [3.63, 3.8) is 0 Å². The smallest absolute Gasteiger partial charge is 0.202 e. The molecule has 0 aliphatic heterocycles. The van der Waals surface area contributed by atoms with Crippen molar-refractivity contribution >= 4 is 16.7 Å². The van der Waals surface area contributed by atoms with E-state index in [1.165, 1.54) is 11.5 Å². The molecule has 0 aromatic carbocycles. The molecule has 0 radical (unpaired) electrons. The first-order valence-electron chi connectivity index (χ1n) is 5.28. The van der Waals surface area contributed by atoms with Gasteiger partial charge >= 0.3 is 0 Å². The summed E-state index contributed by atoms with van der Waals surface area (Å²) in [4.78, 5) is 4.41. The molecule has 1 atom stereocenters. The summed E-state index contributed by atoms with van der Waals surface area (Å²) in [6, 6.07) is 0. The molecule has 16 heavy (non-hydrogen) atoms. The molecule has 92 valence electrons.